The molecule has 0 radical (unpaired) electrons. The zero-order valence-corrected chi connectivity index (χ0v) is 13.1. The first-order chi connectivity index (χ1) is 10.1. The van der Waals surface area contributed by atoms with Gasteiger partial charge in [-0.05, 0) is 50.3 Å². The smallest absolute Gasteiger partial charge is 0.241 e. The lowest BCUT2D eigenvalue weighted by molar-refractivity contribution is -0.136. The van der Waals surface area contributed by atoms with E-state index in [4.69, 9.17) is 11.6 Å². The zero-order chi connectivity index (χ0) is 14.8. The molecule has 21 heavy (non-hydrogen) atoms. The van der Waals surface area contributed by atoms with Crippen LogP contribution in [0.3, 0.4) is 0 Å². The van der Waals surface area contributed by atoms with Gasteiger partial charge >= 0.3 is 0 Å². The van der Waals surface area contributed by atoms with Gasteiger partial charge in [-0.2, -0.15) is 0 Å². The van der Waals surface area contributed by atoms with Crippen LogP contribution in [0.15, 0.2) is 24.3 Å². The number of hydrogen-bond acceptors (Lipinski definition) is 3. The quantitative estimate of drug-likeness (QED) is 0.883. The number of carbonyl (C=O) groups excluding carboxylic acids is 1. The molecule has 2 aliphatic heterocycles. The molecular formula is C16H22ClN3O. The SMILES string of the molecule is CC1CCCCN1C(=O)C1CC(c2cccc(Cl)c2)NN1. The molecule has 1 amide bonds. The molecule has 2 N–H and O–H groups in total. The molecule has 1 aromatic rings. The largest absolute Gasteiger partial charge is 0.339 e. The highest BCUT2D eigenvalue weighted by Gasteiger charge is 2.35. The maximum atomic E-state index is 12.7. The normalized spacial score (nSPS) is 29.6. The van der Waals surface area contributed by atoms with Gasteiger partial charge in [0.05, 0.1) is 0 Å². The Bertz CT molecular complexity index is 522. The predicted molar refractivity (Wildman–Crippen MR) is 83.9 cm³/mol. The van der Waals surface area contributed by atoms with Crippen LogP contribution in [0.4, 0.5) is 0 Å². The summed E-state index contributed by atoms with van der Waals surface area (Å²) in [4.78, 5) is 14.7. The number of nitrogens with zero attached hydrogens (tertiary/aromatic N) is 1. The van der Waals surface area contributed by atoms with Gasteiger partial charge in [-0.25, -0.2) is 10.9 Å². The number of nitrogens with one attached hydrogen (secondary N) is 2. The first kappa shape index (κ1) is 14.8. The fraction of sp³-hybridized carbons (Fsp3) is 0.562. The maximum Gasteiger partial charge on any atom is 0.241 e. The molecule has 5 heteroatoms. The van der Waals surface area contributed by atoms with Crippen LogP contribution in [0.1, 0.15) is 44.2 Å². The van der Waals surface area contributed by atoms with E-state index in [9.17, 15) is 4.79 Å². The Morgan fingerprint density at radius 3 is 2.95 bits per heavy atom. The molecule has 2 saturated heterocycles. The predicted octanol–water partition coefficient (Wildman–Crippen LogP) is 2.65. The lowest BCUT2D eigenvalue weighted by Gasteiger charge is -2.35. The minimum atomic E-state index is -0.144. The molecule has 1 aromatic carbocycles. The average molecular weight is 308 g/mol. The molecule has 3 unspecified atom stereocenters. The van der Waals surface area contributed by atoms with Gasteiger partial charge < -0.3 is 4.90 Å². The molecule has 0 aromatic heterocycles. The minimum Gasteiger partial charge on any atom is -0.339 e. The summed E-state index contributed by atoms with van der Waals surface area (Å²) in [6.07, 6.45) is 4.23. The molecule has 2 fully saturated rings. The molecule has 0 spiro atoms. The summed E-state index contributed by atoms with van der Waals surface area (Å²) in [7, 11) is 0. The van der Waals surface area contributed by atoms with Crippen molar-refractivity contribution in [3.63, 3.8) is 0 Å². The van der Waals surface area contributed by atoms with E-state index in [1.807, 2.05) is 29.2 Å². The van der Waals surface area contributed by atoms with E-state index in [2.05, 4.69) is 17.8 Å². The maximum absolute atomic E-state index is 12.7. The Morgan fingerprint density at radius 2 is 2.19 bits per heavy atom. The third kappa shape index (κ3) is 3.23. The number of benzene rings is 1. The summed E-state index contributed by atoms with van der Waals surface area (Å²) in [5, 5.41) is 0.730. The van der Waals surface area contributed by atoms with E-state index in [-0.39, 0.29) is 18.0 Å². The number of halogens is 1. The van der Waals surface area contributed by atoms with Crippen LogP contribution in [0, 0.1) is 0 Å². The van der Waals surface area contributed by atoms with Crippen molar-refractivity contribution in [3.05, 3.63) is 34.9 Å². The van der Waals surface area contributed by atoms with E-state index in [0.29, 0.717) is 6.04 Å². The van der Waals surface area contributed by atoms with E-state index in [0.717, 1.165) is 36.4 Å². The fourth-order valence-corrected chi connectivity index (χ4v) is 3.48. The van der Waals surface area contributed by atoms with Crippen molar-refractivity contribution in [1.29, 1.82) is 0 Å². The third-order valence-corrected chi connectivity index (χ3v) is 4.77. The van der Waals surface area contributed by atoms with Gasteiger partial charge in [0.25, 0.3) is 0 Å². The number of rotatable bonds is 2. The summed E-state index contributed by atoms with van der Waals surface area (Å²) in [5.74, 6) is 0.222. The minimum absolute atomic E-state index is 0.137. The summed E-state index contributed by atoms with van der Waals surface area (Å²) in [6, 6.07) is 8.16. The van der Waals surface area contributed by atoms with Crippen molar-refractivity contribution in [2.45, 2.75) is 50.7 Å². The van der Waals surface area contributed by atoms with Crippen LogP contribution in [0.25, 0.3) is 0 Å². The molecule has 114 valence electrons. The van der Waals surface area contributed by atoms with Gasteiger partial charge in [0.2, 0.25) is 5.91 Å². The summed E-state index contributed by atoms with van der Waals surface area (Å²) >= 11 is 6.04. The average Bonchev–Trinajstić information content (AvgIpc) is 2.97. The molecule has 0 saturated carbocycles. The van der Waals surface area contributed by atoms with Crippen molar-refractivity contribution >= 4 is 17.5 Å². The Kier molecular flexibility index (Phi) is 4.48. The van der Waals surface area contributed by atoms with E-state index in [1.54, 1.807) is 0 Å². The zero-order valence-electron chi connectivity index (χ0n) is 12.3. The Morgan fingerprint density at radius 1 is 1.33 bits per heavy atom. The molecule has 2 heterocycles. The number of piperidine rings is 1. The first-order valence-corrected chi connectivity index (χ1v) is 8.10. The van der Waals surface area contributed by atoms with Gasteiger partial charge in [-0.1, -0.05) is 23.7 Å². The molecule has 4 nitrogen and oxygen atoms in total. The Hall–Kier alpha value is -1.10. The Labute approximate surface area is 130 Å². The monoisotopic (exact) mass is 307 g/mol. The van der Waals surface area contributed by atoms with Crippen molar-refractivity contribution in [1.82, 2.24) is 15.8 Å². The number of amides is 1. The fourth-order valence-electron chi connectivity index (χ4n) is 3.29. The van der Waals surface area contributed by atoms with E-state index in [1.165, 1.54) is 6.42 Å². The van der Waals surface area contributed by atoms with Crippen molar-refractivity contribution in [2.24, 2.45) is 0 Å². The molecule has 2 aliphatic rings. The molecule has 0 bridgehead atoms. The van der Waals surface area contributed by atoms with Crippen LogP contribution in [0.5, 0.6) is 0 Å². The second kappa shape index (κ2) is 6.34. The molecule has 3 atom stereocenters. The number of likely N-dealkylation sites (tertiary alicyclic amines) is 1. The van der Waals surface area contributed by atoms with Gasteiger partial charge in [0.15, 0.2) is 0 Å². The highest BCUT2D eigenvalue weighted by atomic mass is 35.5. The summed E-state index contributed by atoms with van der Waals surface area (Å²) < 4.78 is 0. The van der Waals surface area contributed by atoms with Gasteiger partial charge in [-0.3, -0.25) is 4.79 Å². The van der Waals surface area contributed by atoms with Crippen molar-refractivity contribution in [2.75, 3.05) is 6.54 Å². The second-order valence-corrected chi connectivity index (χ2v) is 6.50. The van der Waals surface area contributed by atoms with Crippen LogP contribution in [-0.2, 0) is 4.79 Å². The van der Waals surface area contributed by atoms with Gasteiger partial charge in [0.1, 0.15) is 6.04 Å². The van der Waals surface area contributed by atoms with Crippen LogP contribution in [-0.4, -0.2) is 29.4 Å². The molecule has 0 aliphatic carbocycles. The lowest BCUT2D eigenvalue weighted by atomic mass is 9.99. The molecule has 3 rings (SSSR count). The highest BCUT2D eigenvalue weighted by molar-refractivity contribution is 6.30. The van der Waals surface area contributed by atoms with Gasteiger partial charge in [-0.15, -0.1) is 0 Å². The van der Waals surface area contributed by atoms with Crippen LogP contribution in [0.2, 0.25) is 5.02 Å². The van der Waals surface area contributed by atoms with E-state index >= 15 is 0 Å². The van der Waals surface area contributed by atoms with Crippen LogP contribution < -0.4 is 10.9 Å². The number of carbonyl (C=O) groups is 1. The molecular weight excluding hydrogens is 286 g/mol. The van der Waals surface area contributed by atoms with Crippen molar-refractivity contribution < 1.29 is 4.79 Å². The van der Waals surface area contributed by atoms with Gasteiger partial charge in [0, 0.05) is 23.7 Å². The summed E-state index contributed by atoms with van der Waals surface area (Å²) in [5.41, 5.74) is 7.51. The topological polar surface area (TPSA) is 44.4 Å². The van der Waals surface area contributed by atoms with Crippen molar-refractivity contribution in [3.8, 4) is 0 Å². The number of hydrazine groups is 1. The summed E-state index contributed by atoms with van der Waals surface area (Å²) in [6.45, 7) is 3.04. The lowest BCUT2D eigenvalue weighted by Crippen LogP contribution is -2.50. The third-order valence-electron chi connectivity index (χ3n) is 4.54. The standard InChI is InChI=1S/C16H22ClN3O/c1-11-5-2-3-8-20(11)16(21)15-10-14(18-19-15)12-6-4-7-13(17)9-12/h4,6-7,9,11,14-15,18-19H,2-3,5,8,10H2,1H3. The second-order valence-electron chi connectivity index (χ2n) is 6.06. The highest BCUT2D eigenvalue weighted by Crippen LogP contribution is 2.26. The Balaban J connectivity index is 1.65. The first-order valence-electron chi connectivity index (χ1n) is 7.72. The number of hydrogen-bond donors (Lipinski definition) is 2. The van der Waals surface area contributed by atoms with Crippen LogP contribution >= 0.6 is 11.6 Å². The van der Waals surface area contributed by atoms with E-state index < -0.39 is 0 Å².